The highest BCUT2D eigenvalue weighted by Crippen LogP contribution is 2.26. The van der Waals surface area contributed by atoms with E-state index < -0.39 is 6.17 Å². The molecule has 2 aromatic heterocycles. The van der Waals surface area contributed by atoms with Gasteiger partial charge in [0.05, 0.1) is 5.52 Å². The summed E-state index contributed by atoms with van der Waals surface area (Å²) < 4.78 is 14.6. The molecule has 0 unspecified atom stereocenters. The summed E-state index contributed by atoms with van der Waals surface area (Å²) in [4.78, 5) is 21.5. The molecule has 1 aliphatic rings. The van der Waals surface area contributed by atoms with Gasteiger partial charge < -0.3 is 0 Å². The lowest BCUT2D eigenvalue weighted by atomic mass is 9.98. The Morgan fingerprint density at radius 3 is 2.84 bits per heavy atom. The van der Waals surface area contributed by atoms with Gasteiger partial charge in [-0.25, -0.2) is 14.2 Å². The van der Waals surface area contributed by atoms with Gasteiger partial charge in [0.1, 0.15) is 6.17 Å². The van der Waals surface area contributed by atoms with Gasteiger partial charge in [-0.05, 0) is 36.6 Å². The molecule has 25 heavy (non-hydrogen) atoms. The molecule has 0 atom stereocenters. The lowest BCUT2D eigenvalue weighted by molar-refractivity contribution is 0.0629. The average Bonchev–Trinajstić information content (AvgIpc) is 2.88. The van der Waals surface area contributed by atoms with Crippen LogP contribution >= 0.6 is 0 Å². The zero-order valence-electron chi connectivity index (χ0n) is 14.4. The van der Waals surface area contributed by atoms with E-state index in [9.17, 15) is 9.18 Å². The molecule has 3 heterocycles. The lowest BCUT2D eigenvalue weighted by Gasteiger charge is -2.34. The maximum absolute atomic E-state index is 13.0. The summed E-state index contributed by atoms with van der Waals surface area (Å²) in [6.07, 6.45) is 1.07. The minimum Gasteiger partial charge on any atom is -0.296 e. The van der Waals surface area contributed by atoms with Crippen molar-refractivity contribution in [1.29, 1.82) is 0 Å². The highest BCUT2D eigenvalue weighted by atomic mass is 19.1. The Morgan fingerprint density at radius 2 is 2.08 bits per heavy atom. The summed E-state index contributed by atoms with van der Waals surface area (Å²) in [5, 5.41) is 0. The van der Waals surface area contributed by atoms with Crippen molar-refractivity contribution in [3.63, 3.8) is 0 Å². The van der Waals surface area contributed by atoms with E-state index in [2.05, 4.69) is 35.9 Å². The first-order chi connectivity index (χ1) is 12.0. The molecule has 6 heteroatoms. The second-order valence-corrected chi connectivity index (χ2v) is 6.78. The van der Waals surface area contributed by atoms with Crippen LogP contribution in [0.1, 0.15) is 11.1 Å². The Balaban J connectivity index is 1.70. The highest BCUT2D eigenvalue weighted by Gasteiger charge is 2.25. The smallest absolute Gasteiger partial charge is 0.296 e. The van der Waals surface area contributed by atoms with Crippen LogP contribution in [0.15, 0.2) is 35.3 Å². The molecule has 1 N–H and O–H groups in total. The van der Waals surface area contributed by atoms with Crippen molar-refractivity contribution in [3.8, 4) is 11.1 Å². The fourth-order valence-corrected chi connectivity index (χ4v) is 3.40. The third-order valence-electron chi connectivity index (χ3n) is 5.10. The van der Waals surface area contributed by atoms with E-state index >= 15 is 0 Å². The number of H-pyrrole nitrogens is 1. The van der Waals surface area contributed by atoms with E-state index in [1.165, 1.54) is 11.1 Å². The molecule has 3 aromatic rings. The molecule has 130 valence electrons. The van der Waals surface area contributed by atoms with Crippen LogP contribution in [-0.4, -0.2) is 45.2 Å². The molecule has 0 bridgehead atoms. The summed E-state index contributed by atoms with van der Waals surface area (Å²) in [6, 6.07) is 8.20. The number of aromatic amines is 1. The quantitative estimate of drug-likeness (QED) is 0.794. The van der Waals surface area contributed by atoms with Crippen molar-refractivity contribution in [2.24, 2.45) is 0 Å². The normalized spacial score (nSPS) is 15.6. The van der Waals surface area contributed by atoms with Crippen LogP contribution in [0.5, 0.6) is 0 Å². The molecule has 1 aromatic carbocycles. The largest absolute Gasteiger partial charge is 0.327 e. The zero-order chi connectivity index (χ0) is 17.6. The molecule has 0 aliphatic carbocycles. The average molecular weight is 340 g/mol. The fraction of sp³-hybridized carbons (Fsp3) is 0.368. The van der Waals surface area contributed by atoms with Crippen molar-refractivity contribution >= 4 is 11.2 Å². The summed E-state index contributed by atoms with van der Waals surface area (Å²) in [5.41, 5.74) is 5.77. The van der Waals surface area contributed by atoms with Crippen molar-refractivity contribution in [3.05, 3.63) is 52.1 Å². The number of hydrogen-bond donors (Lipinski definition) is 1. The summed E-state index contributed by atoms with van der Waals surface area (Å²) >= 11 is 0. The Bertz CT molecular complexity index is 985. The van der Waals surface area contributed by atoms with Gasteiger partial charge in [-0.15, -0.1) is 0 Å². The molecule has 0 amide bonds. The maximum atomic E-state index is 13.0. The number of nitrogens with zero attached hydrogens (tertiary/aromatic N) is 3. The first-order valence-electron chi connectivity index (χ1n) is 8.54. The van der Waals surface area contributed by atoms with E-state index in [0.29, 0.717) is 31.8 Å². The van der Waals surface area contributed by atoms with E-state index in [4.69, 9.17) is 0 Å². The monoisotopic (exact) mass is 340 g/mol. The topological polar surface area (TPSA) is 53.9 Å². The first-order valence-corrected chi connectivity index (χ1v) is 8.54. The second-order valence-electron chi connectivity index (χ2n) is 6.78. The minimum absolute atomic E-state index is 0.169. The van der Waals surface area contributed by atoms with E-state index in [1.807, 2.05) is 17.0 Å². The van der Waals surface area contributed by atoms with Crippen molar-refractivity contribution in [2.75, 3.05) is 19.6 Å². The number of alkyl halides is 1. The number of likely N-dealkylation sites (tertiary alicyclic amines) is 1. The molecule has 4 rings (SSSR count). The van der Waals surface area contributed by atoms with Gasteiger partial charge in [-0.3, -0.25) is 14.5 Å². The standard InChI is InChI=1S/C19H21FN4O/c1-12-4-3-5-16(13(12)2)14-8-17-18(21-9-14)22-19(25)24(17)7-6-23-10-15(20)11-23/h3-5,8-9,15H,6-7,10-11H2,1-2H3,(H,21,22,25). The Labute approximate surface area is 145 Å². The van der Waals surface area contributed by atoms with Gasteiger partial charge in [-0.2, -0.15) is 0 Å². The van der Waals surface area contributed by atoms with Crippen LogP contribution < -0.4 is 5.69 Å². The Kier molecular flexibility index (Phi) is 3.92. The Morgan fingerprint density at radius 1 is 1.28 bits per heavy atom. The number of nitrogens with one attached hydrogen (secondary N) is 1. The second kappa shape index (κ2) is 6.11. The van der Waals surface area contributed by atoms with E-state index in [0.717, 1.165) is 16.6 Å². The number of hydrogen-bond acceptors (Lipinski definition) is 3. The lowest BCUT2D eigenvalue weighted by Crippen LogP contribution is -2.49. The number of aryl methyl sites for hydroxylation is 1. The number of aromatic nitrogens is 3. The van der Waals surface area contributed by atoms with Crippen LogP contribution in [-0.2, 0) is 6.54 Å². The molecule has 5 nitrogen and oxygen atoms in total. The number of benzene rings is 1. The molecule has 0 spiro atoms. The van der Waals surface area contributed by atoms with Crippen LogP contribution in [0.3, 0.4) is 0 Å². The van der Waals surface area contributed by atoms with Crippen molar-refractivity contribution in [1.82, 2.24) is 19.4 Å². The van der Waals surface area contributed by atoms with Gasteiger partial charge in [-0.1, -0.05) is 18.2 Å². The van der Waals surface area contributed by atoms with Crippen LogP contribution in [0.25, 0.3) is 22.3 Å². The Hall–Kier alpha value is -2.47. The molecule has 1 fully saturated rings. The number of pyridine rings is 1. The zero-order valence-corrected chi connectivity index (χ0v) is 14.4. The summed E-state index contributed by atoms with van der Waals surface area (Å²) in [5.74, 6) is 0. The number of halogens is 1. The predicted molar refractivity (Wildman–Crippen MR) is 96.6 cm³/mol. The van der Waals surface area contributed by atoms with Crippen LogP contribution in [0.4, 0.5) is 4.39 Å². The van der Waals surface area contributed by atoms with Crippen molar-refractivity contribution in [2.45, 2.75) is 26.6 Å². The molecular weight excluding hydrogens is 319 g/mol. The molecular formula is C19H21FN4O. The molecule has 0 saturated carbocycles. The maximum Gasteiger partial charge on any atom is 0.327 e. The molecule has 1 aliphatic heterocycles. The number of imidazole rings is 1. The van der Waals surface area contributed by atoms with Gasteiger partial charge in [0.2, 0.25) is 0 Å². The van der Waals surface area contributed by atoms with E-state index in [1.54, 1.807) is 10.8 Å². The SMILES string of the molecule is Cc1cccc(-c2cnc3[nH]c(=O)n(CCN4CC(F)C4)c3c2)c1C. The third-order valence-corrected chi connectivity index (χ3v) is 5.10. The van der Waals surface area contributed by atoms with Gasteiger partial charge in [0.25, 0.3) is 0 Å². The highest BCUT2D eigenvalue weighted by molar-refractivity contribution is 5.79. The van der Waals surface area contributed by atoms with Gasteiger partial charge in [0, 0.05) is 37.9 Å². The summed E-state index contributed by atoms with van der Waals surface area (Å²) in [7, 11) is 0. The van der Waals surface area contributed by atoms with Crippen molar-refractivity contribution < 1.29 is 4.39 Å². The molecule has 0 radical (unpaired) electrons. The molecule has 1 saturated heterocycles. The first kappa shape index (κ1) is 16.0. The number of rotatable bonds is 4. The van der Waals surface area contributed by atoms with Gasteiger partial charge >= 0.3 is 5.69 Å². The van der Waals surface area contributed by atoms with E-state index in [-0.39, 0.29) is 5.69 Å². The predicted octanol–water partition coefficient (Wildman–Crippen LogP) is 2.66. The third kappa shape index (κ3) is 2.87. The fourth-order valence-electron chi connectivity index (χ4n) is 3.40. The summed E-state index contributed by atoms with van der Waals surface area (Å²) in [6.45, 7) is 6.30. The van der Waals surface area contributed by atoms with Gasteiger partial charge in [0.15, 0.2) is 5.65 Å². The minimum atomic E-state index is -0.725. The van der Waals surface area contributed by atoms with Crippen LogP contribution in [0, 0.1) is 13.8 Å². The van der Waals surface area contributed by atoms with Crippen LogP contribution in [0.2, 0.25) is 0 Å². The number of fused-ring (bicyclic) bond motifs is 1.